The van der Waals surface area contributed by atoms with Crippen molar-refractivity contribution in [3.8, 4) is 0 Å². The number of hydrogen-bond donors (Lipinski definition) is 1. The van der Waals surface area contributed by atoms with E-state index in [1.54, 1.807) is 6.07 Å². The highest BCUT2D eigenvalue weighted by Gasteiger charge is 2.18. The summed E-state index contributed by atoms with van der Waals surface area (Å²) in [4.78, 5) is 19.5. The molecule has 3 aromatic rings. The van der Waals surface area contributed by atoms with Gasteiger partial charge in [0.2, 0.25) is 0 Å². The molecule has 5 nitrogen and oxygen atoms in total. The van der Waals surface area contributed by atoms with E-state index in [1.165, 1.54) is 19.3 Å². The van der Waals surface area contributed by atoms with E-state index in [-0.39, 0.29) is 5.91 Å². The molecule has 1 aliphatic heterocycles. The van der Waals surface area contributed by atoms with Crippen LogP contribution in [0.15, 0.2) is 52.9 Å². The quantitative estimate of drug-likeness (QED) is 0.705. The van der Waals surface area contributed by atoms with Gasteiger partial charge in [0, 0.05) is 31.1 Å². The number of rotatable bonds is 6. The average Bonchev–Trinajstić information content (AvgIpc) is 3.11. The predicted octanol–water partition coefficient (Wildman–Crippen LogP) is 4.02. The molecule has 0 bridgehead atoms. The Morgan fingerprint density at radius 3 is 2.89 bits per heavy atom. The number of hydrogen-bond acceptors (Lipinski definition) is 4. The van der Waals surface area contributed by atoms with E-state index in [1.807, 2.05) is 30.3 Å². The minimum absolute atomic E-state index is 0.0624. The lowest BCUT2D eigenvalue weighted by atomic mass is 10.0. The first-order valence-electron chi connectivity index (χ1n) is 10.1. The molecular weight excluding hydrogens is 350 g/mol. The molecule has 0 radical (unpaired) electrons. The fourth-order valence-electron chi connectivity index (χ4n) is 3.86. The number of benzene rings is 2. The summed E-state index contributed by atoms with van der Waals surface area (Å²) in [5.41, 5.74) is 3.20. The Morgan fingerprint density at radius 1 is 1.21 bits per heavy atom. The molecule has 1 fully saturated rings. The SMILES string of the molecule is C[C@@H]1CCCCN1CCNC(=O)c1ccc2nc(Cc3ccccc3)oc2c1. The highest BCUT2D eigenvalue weighted by atomic mass is 16.3. The van der Waals surface area contributed by atoms with Crippen molar-refractivity contribution in [1.82, 2.24) is 15.2 Å². The molecule has 0 saturated carbocycles. The van der Waals surface area contributed by atoms with Crippen LogP contribution in [-0.4, -0.2) is 41.5 Å². The third-order valence-corrected chi connectivity index (χ3v) is 5.52. The normalized spacial score (nSPS) is 17.7. The summed E-state index contributed by atoms with van der Waals surface area (Å²) in [6.45, 7) is 4.96. The maximum Gasteiger partial charge on any atom is 0.251 e. The maximum absolute atomic E-state index is 12.5. The van der Waals surface area contributed by atoms with Gasteiger partial charge in [-0.1, -0.05) is 36.8 Å². The van der Waals surface area contributed by atoms with E-state index in [9.17, 15) is 4.79 Å². The number of amides is 1. The number of oxazole rings is 1. The molecule has 1 saturated heterocycles. The Morgan fingerprint density at radius 2 is 2.07 bits per heavy atom. The number of likely N-dealkylation sites (tertiary alicyclic amines) is 1. The second-order valence-electron chi connectivity index (χ2n) is 7.59. The van der Waals surface area contributed by atoms with Crippen molar-refractivity contribution in [2.75, 3.05) is 19.6 Å². The molecule has 5 heteroatoms. The molecule has 1 aliphatic rings. The van der Waals surface area contributed by atoms with Crippen molar-refractivity contribution >= 4 is 17.0 Å². The van der Waals surface area contributed by atoms with Gasteiger partial charge in [0.25, 0.3) is 5.91 Å². The van der Waals surface area contributed by atoms with Gasteiger partial charge < -0.3 is 9.73 Å². The lowest BCUT2D eigenvalue weighted by Crippen LogP contribution is -2.42. The molecule has 2 heterocycles. The molecule has 146 valence electrons. The van der Waals surface area contributed by atoms with Crippen LogP contribution in [-0.2, 0) is 6.42 Å². The van der Waals surface area contributed by atoms with Crippen molar-refractivity contribution in [2.24, 2.45) is 0 Å². The standard InChI is InChI=1S/C23H27N3O2/c1-17-7-5-6-13-26(17)14-12-24-23(27)19-10-11-20-21(16-19)28-22(25-20)15-18-8-3-2-4-9-18/h2-4,8-11,16-17H,5-7,12-15H2,1H3,(H,24,27)/t17-/m1/s1. The Balaban J connectivity index is 1.37. The first-order valence-corrected chi connectivity index (χ1v) is 10.1. The van der Waals surface area contributed by atoms with E-state index in [4.69, 9.17) is 4.42 Å². The fourth-order valence-corrected chi connectivity index (χ4v) is 3.86. The predicted molar refractivity (Wildman–Crippen MR) is 110 cm³/mol. The number of carbonyl (C=O) groups is 1. The number of carbonyl (C=O) groups excluding carboxylic acids is 1. The first-order chi connectivity index (χ1) is 13.7. The van der Waals surface area contributed by atoms with Gasteiger partial charge in [-0.15, -0.1) is 0 Å². The highest BCUT2D eigenvalue weighted by molar-refractivity contribution is 5.97. The van der Waals surface area contributed by atoms with Gasteiger partial charge in [-0.05, 0) is 50.1 Å². The highest BCUT2D eigenvalue weighted by Crippen LogP contribution is 2.20. The molecule has 2 aromatic carbocycles. The fraction of sp³-hybridized carbons (Fsp3) is 0.391. The van der Waals surface area contributed by atoms with Crippen LogP contribution in [0.2, 0.25) is 0 Å². The number of nitrogens with zero attached hydrogens (tertiary/aromatic N) is 2. The number of nitrogens with one attached hydrogen (secondary N) is 1. The van der Waals surface area contributed by atoms with E-state index >= 15 is 0 Å². The summed E-state index contributed by atoms with van der Waals surface area (Å²) in [6.07, 6.45) is 4.46. The van der Waals surface area contributed by atoms with Gasteiger partial charge in [-0.3, -0.25) is 9.69 Å². The number of aromatic nitrogens is 1. The Kier molecular flexibility index (Phi) is 5.72. The lowest BCUT2D eigenvalue weighted by molar-refractivity contribution is 0.0938. The molecule has 4 rings (SSSR count). The molecular formula is C23H27N3O2. The molecule has 1 amide bonds. The summed E-state index contributed by atoms with van der Waals surface area (Å²) < 4.78 is 5.88. The molecule has 0 aliphatic carbocycles. The summed E-state index contributed by atoms with van der Waals surface area (Å²) in [5, 5.41) is 3.04. The summed E-state index contributed by atoms with van der Waals surface area (Å²) >= 11 is 0. The van der Waals surface area contributed by atoms with Gasteiger partial charge in [0.1, 0.15) is 5.52 Å². The van der Waals surface area contributed by atoms with Gasteiger partial charge in [0.15, 0.2) is 11.5 Å². The topological polar surface area (TPSA) is 58.4 Å². The molecule has 1 atom stereocenters. The van der Waals surface area contributed by atoms with E-state index < -0.39 is 0 Å². The van der Waals surface area contributed by atoms with Gasteiger partial charge in [0.05, 0.1) is 0 Å². The molecule has 1 aromatic heterocycles. The van der Waals surface area contributed by atoms with Gasteiger partial charge in [-0.2, -0.15) is 0 Å². The molecule has 1 N–H and O–H groups in total. The van der Waals surface area contributed by atoms with Crippen LogP contribution in [0.5, 0.6) is 0 Å². The zero-order valence-electron chi connectivity index (χ0n) is 16.4. The van der Waals surface area contributed by atoms with Crippen molar-refractivity contribution < 1.29 is 9.21 Å². The average molecular weight is 377 g/mol. The van der Waals surface area contributed by atoms with Crippen molar-refractivity contribution in [3.05, 3.63) is 65.5 Å². The van der Waals surface area contributed by atoms with Crippen LogP contribution in [0.3, 0.4) is 0 Å². The zero-order chi connectivity index (χ0) is 19.3. The van der Waals surface area contributed by atoms with E-state index in [0.29, 0.717) is 36.0 Å². The van der Waals surface area contributed by atoms with E-state index in [0.717, 1.165) is 24.2 Å². The molecule has 28 heavy (non-hydrogen) atoms. The summed E-state index contributed by atoms with van der Waals surface area (Å²) in [5.74, 6) is 0.602. The lowest BCUT2D eigenvalue weighted by Gasteiger charge is -2.33. The Hall–Kier alpha value is -2.66. The Labute approximate surface area is 165 Å². The monoisotopic (exact) mass is 377 g/mol. The van der Waals surface area contributed by atoms with Crippen LogP contribution in [0, 0.1) is 0 Å². The molecule has 0 unspecified atom stereocenters. The third-order valence-electron chi connectivity index (χ3n) is 5.52. The minimum atomic E-state index is -0.0624. The maximum atomic E-state index is 12.5. The third kappa shape index (κ3) is 4.42. The summed E-state index contributed by atoms with van der Waals surface area (Å²) in [6, 6.07) is 16.2. The van der Waals surface area contributed by atoms with Crippen molar-refractivity contribution in [3.63, 3.8) is 0 Å². The van der Waals surface area contributed by atoms with Crippen LogP contribution in [0.25, 0.3) is 11.1 Å². The largest absolute Gasteiger partial charge is 0.440 e. The van der Waals surface area contributed by atoms with Gasteiger partial charge >= 0.3 is 0 Å². The number of fused-ring (bicyclic) bond motifs is 1. The van der Waals surface area contributed by atoms with Crippen molar-refractivity contribution in [2.45, 2.75) is 38.6 Å². The summed E-state index contributed by atoms with van der Waals surface area (Å²) in [7, 11) is 0. The second-order valence-corrected chi connectivity index (χ2v) is 7.59. The second kappa shape index (κ2) is 8.57. The smallest absolute Gasteiger partial charge is 0.251 e. The number of piperidine rings is 1. The van der Waals surface area contributed by atoms with E-state index in [2.05, 4.69) is 34.3 Å². The van der Waals surface area contributed by atoms with Gasteiger partial charge in [-0.25, -0.2) is 4.98 Å². The van der Waals surface area contributed by atoms with Crippen LogP contribution >= 0.6 is 0 Å². The van der Waals surface area contributed by atoms with Crippen LogP contribution < -0.4 is 5.32 Å². The minimum Gasteiger partial charge on any atom is -0.440 e. The molecule has 0 spiro atoms. The van der Waals surface area contributed by atoms with Crippen LogP contribution in [0.4, 0.5) is 0 Å². The Bertz CT molecular complexity index is 935. The van der Waals surface area contributed by atoms with Crippen LogP contribution in [0.1, 0.15) is 48.0 Å². The first kappa shape index (κ1) is 18.7. The zero-order valence-corrected chi connectivity index (χ0v) is 16.4. The van der Waals surface area contributed by atoms with Crippen molar-refractivity contribution in [1.29, 1.82) is 0 Å².